The molecule has 0 atom stereocenters. The number of nitrogens with zero attached hydrogens (tertiary/aromatic N) is 3. The molecule has 0 unspecified atom stereocenters. The van der Waals surface area contributed by atoms with Crippen LogP contribution in [-0.4, -0.2) is 22.1 Å². The fourth-order valence-corrected chi connectivity index (χ4v) is 4.74. The highest BCUT2D eigenvalue weighted by Gasteiger charge is 2.34. The van der Waals surface area contributed by atoms with Crippen molar-refractivity contribution in [2.45, 2.75) is 39.8 Å². The molecule has 8 heteroatoms. The van der Waals surface area contributed by atoms with E-state index in [9.17, 15) is 10.1 Å². The van der Waals surface area contributed by atoms with Crippen LogP contribution in [0.15, 0.2) is 12.1 Å². The molecule has 0 aliphatic carbocycles. The van der Waals surface area contributed by atoms with Crippen LogP contribution in [0.3, 0.4) is 0 Å². The first-order chi connectivity index (χ1) is 9.16. The Morgan fingerprint density at radius 3 is 2.05 bits per heavy atom. The maximum Gasteiger partial charge on any atom is 0.181 e. The van der Waals surface area contributed by atoms with Crippen LogP contribution in [-0.2, 0) is 0 Å². The molecule has 0 aliphatic heterocycles. The van der Waals surface area contributed by atoms with Crippen LogP contribution >= 0.6 is 56.8 Å². The molecule has 5 nitrogen and oxygen atoms in total. The predicted octanol–water partition coefficient (Wildman–Crippen LogP) is 4.58. The first-order valence-electron chi connectivity index (χ1n) is 6.04. The quantitative estimate of drug-likeness (QED) is 0.322. The monoisotopic (exact) mass is 523 g/mol. The van der Waals surface area contributed by atoms with Crippen LogP contribution in [0.1, 0.15) is 27.7 Å². The van der Waals surface area contributed by atoms with Crippen LogP contribution in [0.5, 0.6) is 0 Å². The van der Waals surface area contributed by atoms with Gasteiger partial charge in [-0.3, -0.25) is 0 Å². The van der Waals surface area contributed by atoms with Gasteiger partial charge < -0.3 is 0 Å². The maximum atomic E-state index is 11.6. The van der Waals surface area contributed by atoms with Gasteiger partial charge in [0.15, 0.2) is 10.7 Å². The molecule has 1 rings (SSSR count). The number of rotatable bonds is 5. The molecule has 0 heterocycles. The second-order valence-corrected chi connectivity index (χ2v) is 7.63. The zero-order valence-electron chi connectivity index (χ0n) is 11.6. The van der Waals surface area contributed by atoms with Crippen molar-refractivity contribution >= 4 is 62.5 Å². The third-order valence-corrected chi connectivity index (χ3v) is 4.35. The third-order valence-electron chi connectivity index (χ3n) is 2.61. The lowest BCUT2D eigenvalue weighted by molar-refractivity contribution is -0.527. The number of anilines is 1. The summed E-state index contributed by atoms with van der Waals surface area (Å²) in [7, 11) is 0. The highest BCUT2D eigenvalue weighted by Crippen LogP contribution is 2.35. The van der Waals surface area contributed by atoms with Crippen molar-refractivity contribution in [2.24, 2.45) is 0 Å². The van der Waals surface area contributed by atoms with Crippen LogP contribution in [0, 0.1) is 17.3 Å². The molecule has 1 aromatic rings. The minimum Gasteiger partial charge on any atom is -0.233 e. The Morgan fingerprint density at radius 2 is 1.70 bits per heavy atom. The van der Waals surface area contributed by atoms with E-state index in [1.54, 1.807) is 11.1 Å². The largest absolute Gasteiger partial charge is 0.233 e. The van der Waals surface area contributed by atoms with Gasteiger partial charge in [0, 0.05) is 19.2 Å². The van der Waals surface area contributed by atoms with Gasteiger partial charge in [0.1, 0.15) is 0 Å². The molecule has 0 radical (unpaired) electrons. The minimum atomic E-state index is -0.420. The number of hydrogen-bond acceptors (Lipinski definition) is 3. The van der Waals surface area contributed by atoms with Crippen LogP contribution in [0.2, 0.25) is 5.02 Å². The molecule has 0 amide bonds. The summed E-state index contributed by atoms with van der Waals surface area (Å²) in [5.41, 5.74) is 0.417. The Hall–Kier alpha value is 0.130. The molecule has 0 aromatic heterocycles. The SMILES string of the molecule is CC(C)N(C(C)C)N(c1c(Cl)cc(I)cc1I)[N+](=O)[O-]. The molecule has 0 N–H and O–H groups in total. The number of hydrazine groups is 2. The summed E-state index contributed by atoms with van der Waals surface area (Å²) in [5, 5.41) is 14.3. The lowest BCUT2D eigenvalue weighted by atomic mass is 10.2. The molecule has 0 saturated heterocycles. The van der Waals surface area contributed by atoms with E-state index in [0.717, 1.165) is 12.3 Å². The third kappa shape index (κ3) is 4.08. The highest BCUT2D eigenvalue weighted by atomic mass is 127. The van der Waals surface area contributed by atoms with E-state index in [4.69, 9.17) is 11.6 Å². The summed E-state index contributed by atoms with van der Waals surface area (Å²) in [5.74, 6) is 0. The molecular weight excluding hydrogens is 507 g/mol. The van der Waals surface area contributed by atoms with E-state index in [1.807, 2.05) is 33.8 Å². The van der Waals surface area contributed by atoms with Crippen molar-refractivity contribution in [3.8, 4) is 0 Å². The summed E-state index contributed by atoms with van der Waals surface area (Å²) >= 11 is 10.5. The Bertz CT molecular complexity index is 480. The van der Waals surface area contributed by atoms with Crippen LogP contribution in [0.25, 0.3) is 0 Å². The lowest BCUT2D eigenvalue weighted by Crippen LogP contribution is -2.54. The number of nitro groups is 1. The van der Waals surface area contributed by atoms with E-state index in [1.165, 1.54) is 0 Å². The number of hydrogen-bond donors (Lipinski definition) is 0. The van der Waals surface area contributed by atoms with Gasteiger partial charge in [0.05, 0.1) is 5.02 Å². The maximum absolute atomic E-state index is 11.6. The van der Waals surface area contributed by atoms with E-state index in [0.29, 0.717) is 10.7 Å². The molecule has 0 fully saturated rings. The van der Waals surface area contributed by atoms with Crippen molar-refractivity contribution in [1.29, 1.82) is 0 Å². The fraction of sp³-hybridized carbons (Fsp3) is 0.500. The Labute approximate surface area is 151 Å². The summed E-state index contributed by atoms with van der Waals surface area (Å²) < 4.78 is 1.70. The summed E-state index contributed by atoms with van der Waals surface area (Å²) in [4.78, 5) is 11.6. The number of benzene rings is 1. The molecule has 1 aromatic carbocycles. The second kappa shape index (κ2) is 7.41. The van der Waals surface area contributed by atoms with Crippen LogP contribution in [0.4, 0.5) is 5.69 Å². The Balaban J connectivity index is 3.45. The molecule has 20 heavy (non-hydrogen) atoms. The van der Waals surface area contributed by atoms with Gasteiger partial charge in [-0.25, -0.2) is 10.1 Å². The van der Waals surface area contributed by atoms with Crippen LogP contribution < -0.4 is 5.12 Å². The summed E-state index contributed by atoms with van der Waals surface area (Å²) in [6.45, 7) is 7.68. The Kier molecular flexibility index (Phi) is 6.74. The molecule has 0 bridgehead atoms. The smallest absolute Gasteiger partial charge is 0.181 e. The van der Waals surface area contributed by atoms with Gasteiger partial charge in [-0.15, -0.1) is 0 Å². The van der Waals surface area contributed by atoms with E-state index >= 15 is 0 Å². The highest BCUT2D eigenvalue weighted by molar-refractivity contribution is 14.1. The summed E-state index contributed by atoms with van der Waals surface area (Å²) in [6.07, 6.45) is 0. The van der Waals surface area contributed by atoms with E-state index in [-0.39, 0.29) is 12.1 Å². The summed E-state index contributed by atoms with van der Waals surface area (Å²) in [6, 6.07) is 3.56. The molecule has 0 saturated carbocycles. The fourth-order valence-electron chi connectivity index (χ4n) is 2.04. The van der Waals surface area contributed by atoms with Gasteiger partial charge in [-0.05, 0) is 90.1 Å². The average molecular weight is 524 g/mol. The van der Waals surface area contributed by atoms with Crippen molar-refractivity contribution in [3.63, 3.8) is 0 Å². The van der Waals surface area contributed by atoms with Crippen molar-refractivity contribution in [1.82, 2.24) is 5.01 Å². The first-order valence-corrected chi connectivity index (χ1v) is 8.57. The zero-order valence-corrected chi connectivity index (χ0v) is 16.7. The first kappa shape index (κ1) is 18.2. The molecule has 112 valence electrons. The predicted molar refractivity (Wildman–Crippen MR) is 98.5 cm³/mol. The average Bonchev–Trinajstić information content (AvgIpc) is 2.24. The van der Waals surface area contributed by atoms with Gasteiger partial charge in [0.25, 0.3) is 0 Å². The molecule has 0 aliphatic rings. The van der Waals surface area contributed by atoms with Crippen molar-refractivity contribution in [3.05, 3.63) is 34.4 Å². The molecular formula is C12H16ClI2N3O2. The zero-order chi connectivity index (χ0) is 15.6. The molecule has 0 spiro atoms. The minimum absolute atomic E-state index is 0.0217. The second-order valence-electron chi connectivity index (χ2n) is 4.81. The van der Waals surface area contributed by atoms with Gasteiger partial charge in [-0.1, -0.05) is 11.6 Å². The lowest BCUT2D eigenvalue weighted by Gasteiger charge is -2.34. The Morgan fingerprint density at radius 1 is 1.20 bits per heavy atom. The van der Waals surface area contributed by atoms with Gasteiger partial charge >= 0.3 is 0 Å². The van der Waals surface area contributed by atoms with E-state index in [2.05, 4.69) is 45.2 Å². The topological polar surface area (TPSA) is 49.6 Å². The van der Waals surface area contributed by atoms with Gasteiger partial charge in [-0.2, -0.15) is 5.01 Å². The normalized spacial score (nSPS) is 11.5. The van der Waals surface area contributed by atoms with E-state index < -0.39 is 5.03 Å². The standard InChI is InChI=1S/C12H16ClI2N3O2/c1-7(2)16(8(3)4)17(18(19)20)12-10(13)5-9(14)6-11(12)15/h5-8H,1-4H3. The number of halogens is 3. The van der Waals surface area contributed by atoms with Crippen molar-refractivity contribution in [2.75, 3.05) is 5.12 Å². The van der Waals surface area contributed by atoms with Crippen molar-refractivity contribution < 1.29 is 5.03 Å². The van der Waals surface area contributed by atoms with Gasteiger partial charge in [0.2, 0.25) is 0 Å².